The second-order valence-corrected chi connectivity index (χ2v) is 4.83. The summed E-state index contributed by atoms with van der Waals surface area (Å²) >= 11 is 0. The van der Waals surface area contributed by atoms with Gasteiger partial charge in [-0.05, 0) is 32.9 Å². The lowest BCUT2D eigenvalue weighted by atomic mass is 10.1. The first-order valence-electron chi connectivity index (χ1n) is 6.79. The average molecular weight is 228 g/mol. The highest BCUT2D eigenvalue weighted by molar-refractivity contribution is 4.77. The zero-order valence-electron chi connectivity index (χ0n) is 11.2. The first-order chi connectivity index (χ1) is 7.77. The van der Waals surface area contributed by atoms with Crippen molar-refractivity contribution in [2.45, 2.75) is 51.6 Å². The van der Waals surface area contributed by atoms with Gasteiger partial charge in [0.15, 0.2) is 0 Å². The molecule has 0 bridgehead atoms. The van der Waals surface area contributed by atoms with Crippen LogP contribution in [0.15, 0.2) is 0 Å². The van der Waals surface area contributed by atoms with Gasteiger partial charge < -0.3 is 15.0 Å². The zero-order chi connectivity index (χ0) is 11.8. The van der Waals surface area contributed by atoms with Crippen molar-refractivity contribution in [3.05, 3.63) is 0 Å². The fraction of sp³-hybridized carbons (Fsp3) is 1.00. The Kier molecular flexibility index (Phi) is 7.01. The Balaban J connectivity index is 2.30. The number of likely N-dealkylation sites (N-methyl/N-ethyl adjacent to an activating group) is 2. The third-order valence-corrected chi connectivity index (χ3v) is 3.45. The highest BCUT2D eigenvalue weighted by atomic mass is 16.5. The summed E-state index contributed by atoms with van der Waals surface area (Å²) in [4.78, 5) is 2.52. The number of hydrogen-bond acceptors (Lipinski definition) is 3. The molecule has 0 amide bonds. The maximum absolute atomic E-state index is 5.41. The SMILES string of the molecule is CCCC(CN(C)C1CCOCC1)NCC. The van der Waals surface area contributed by atoms with Crippen LogP contribution in [0.25, 0.3) is 0 Å². The van der Waals surface area contributed by atoms with E-state index in [9.17, 15) is 0 Å². The van der Waals surface area contributed by atoms with E-state index in [2.05, 4.69) is 31.1 Å². The van der Waals surface area contributed by atoms with E-state index in [1.807, 2.05) is 0 Å². The van der Waals surface area contributed by atoms with Crippen molar-refractivity contribution in [3.63, 3.8) is 0 Å². The van der Waals surface area contributed by atoms with Gasteiger partial charge in [-0.1, -0.05) is 20.3 Å². The van der Waals surface area contributed by atoms with Gasteiger partial charge in [-0.2, -0.15) is 0 Å². The monoisotopic (exact) mass is 228 g/mol. The molecule has 1 rings (SSSR count). The third-order valence-electron chi connectivity index (χ3n) is 3.45. The second kappa shape index (κ2) is 8.04. The largest absolute Gasteiger partial charge is 0.381 e. The van der Waals surface area contributed by atoms with Gasteiger partial charge in [-0.3, -0.25) is 0 Å². The summed E-state index contributed by atoms with van der Waals surface area (Å²) in [6, 6.07) is 1.38. The molecule has 1 fully saturated rings. The van der Waals surface area contributed by atoms with E-state index in [0.29, 0.717) is 6.04 Å². The summed E-state index contributed by atoms with van der Waals surface area (Å²) in [5.74, 6) is 0. The van der Waals surface area contributed by atoms with Crippen molar-refractivity contribution < 1.29 is 4.74 Å². The molecule has 0 aliphatic carbocycles. The van der Waals surface area contributed by atoms with Gasteiger partial charge in [0.05, 0.1) is 0 Å². The molecule has 0 aromatic heterocycles. The molecular formula is C13H28N2O. The predicted molar refractivity (Wildman–Crippen MR) is 68.8 cm³/mol. The van der Waals surface area contributed by atoms with Crippen LogP contribution in [0, 0.1) is 0 Å². The van der Waals surface area contributed by atoms with Gasteiger partial charge in [0, 0.05) is 31.8 Å². The topological polar surface area (TPSA) is 24.5 Å². The fourth-order valence-electron chi connectivity index (χ4n) is 2.52. The van der Waals surface area contributed by atoms with Gasteiger partial charge in [0.1, 0.15) is 0 Å². The Labute approximate surface area is 101 Å². The first-order valence-corrected chi connectivity index (χ1v) is 6.79. The molecule has 16 heavy (non-hydrogen) atoms. The molecule has 0 spiro atoms. The van der Waals surface area contributed by atoms with Gasteiger partial charge in [0.25, 0.3) is 0 Å². The minimum atomic E-state index is 0.655. The van der Waals surface area contributed by atoms with Crippen molar-refractivity contribution >= 4 is 0 Å². The standard InChI is InChI=1S/C13H28N2O/c1-4-6-12(14-5-2)11-15(3)13-7-9-16-10-8-13/h12-14H,4-11H2,1-3H3. The van der Waals surface area contributed by atoms with Gasteiger partial charge >= 0.3 is 0 Å². The number of ether oxygens (including phenoxy) is 1. The lowest BCUT2D eigenvalue weighted by Gasteiger charge is -2.34. The van der Waals surface area contributed by atoms with E-state index in [0.717, 1.165) is 25.8 Å². The Morgan fingerprint density at radius 2 is 2.00 bits per heavy atom. The highest BCUT2D eigenvalue weighted by Crippen LogP contribution is 2.13. The molecule has 1 heterocycles. The van der Waals surface area contributed by atoms with E-state index in [1.54, 1.807) is 0 Å². The summed E-state index contributed by atoms with van der Waals surface area (Å²) in [7, 11) is 2.26. The van der Waals surface area contributed by atoms with Crippen molar-refractivity contribution in [2.24, 2.45) is 0 Å². The zero-order valence-corrected chi connectivity index (χ0v) is 11.2. The second-order valence-electron chi connectivity index (χ2n) is 4.83. The molecule has 3 heteroatoms. The molecular weight excluding hydrogens is 200 g/mol. The summed E-state index contributed by atoms with van der Waals surface area (Å²) < 4.78 is 5.41. The van der Waals surface area contributed by atoms with Crippen molar-refractivity contribution in [1.29, 1.82) is 0 Å². The highest BCUT2D eigenvalue weighted by Gasteiger charge is 2.20. The van der Waals surface area contributed by atoms with Crippen molar-refractivity contribution in [2.75, 3.05) is 33.4 Å². The molecule has 1 aliphatic heterocycles. The number of hydrogen-bond donors (Lipinski definition) is 1. The minimum absolute atomic E-state index is 0.655. The lowest BCUT2D eigenvalue weighted by Crippen LogP contribution is -2.45. The number of nitrogens with one attached hydrogen (secondary N) is 1. The molecule has 3 nitrogen and oxygen atoms in total. The van der Waals surface area contributed by atoms with E-state index < -0.39 is 0 Å². The van der Waals surface area contributed by atoms with Crippen LogP contribution in [0.5, 0.6) is 0 Å². The van der Waals surface area contributed by atoms with Crippen LogP contribution >= 0.6 is 0 Å². The molecule has 1 N–H and O–H groups in total. The molecule has 1 atom stereocenters. The maximum Gasteiger partial charge on any atom is 0.0480 e. The Bertz CT molecular complexity index is 163. The van der Waals surface area contributed by atoms with E-state index in [4.69, 9.17) is 4.74 Å². The molecule has 96 valence electrons. The summed E-state index contributed by atoms with van der Waals surface area (Å²) in [5, 5.41) is 3.58. The van der Waals surface area contributed by atoms with Gasteiger partial charge in [0.2, 0.25) is 0 Å². The quantitative estimate of drug-likeness (QED) is 0.720. The van der Waals surface area contributed by atoms with Crippen LogP contribution < -0.4 is 5.32 Å². The predicted octanol–water partition coefficient (Wildman–Crippen LogP) is 1.88. The molecule has 1 saturated heterocycles. The van der Waals surface area contributed by atoms with Crippen molar-refractivity contribution in [3.8, 4) is 0 Å². The number of nitrogens with zero attached hydrogens (tertiary/aromatic N) is 1. The summed E-state index contributed by atoms with van der Waals surface area (Å²) in [6.07, 6.45) is 4.93. The first kappa shape index (κ1) is 13.9. The van der Waals surface area contributed by atoms with Crippen LogP contribution in [0.3, 0.4) is 0 Å². The van der Waals surface area contributed by atoms with Crippen LogP contribution in [-0.2, 0) is 4.74 Å². The van der Waals surface area contributed by atoms with E-state index in [-0.39, 0.29) is 0 Å². The average Bonchev–Trinajstić information content (AvgIpc) is 2.31. The molecule has 0 aromatic rings. The molecule has 0 saturated carbocycles. The van der Waals surface area contributed by atoms with Crippen LogP contribution in [0.4, 0.5) is 0 Å². The minimum Gasteiger partial charge on any atom is -0.381 e. The summed E-state index contributed by atoms with van der Waals surface area (Å²) in [5.41, 5.74) is 0. The molecule has 1 unspecified atom stereocenters. The van der Waals surface area contributed by atoms with E-state index >= 15 is 0 Å². The third kappa shape index (κ3) is 4.81. The molecule has 0 aromatic carbocycles. The fourth-order valence-corrected chi connectivity index (χ4v) is 2.52. The van der Waals surface area contributed by atoms with Crippen molar-refractivity contribution in [1.82, 2.24) is 10.2 Å². The molecule has 1 aliphatic rings. The van der Waals surface area contributed by atoms with Gasteiger partial charge in [-0.15, -0.1) is 0 Å². The lowest BCUT2D eigenvalue weighted by molar-refractivity contribution is 0.0399. The Morgan fingerprint density at radius 3 is 2.56 bits per heavy atom. The van der Waals surface area contributed by atoms with Crippen LogP contribution in [0.1, 0.15) is 39.5 Å². The summed E-state index contributed by atoms with van der Waals surface area (Å²) in [6.45, 7) is 8.58. The Hall–Kier alpha value is -0.120. The smallest absolute Gasteiger partial charge is 0.0480 e. The van der Waals surface area contributed by atoms with E-state index in [1.165, 1.54) is 32.2 Å². The number of rotatable bonds is 7. The normalized spacial score (nSPS) is 20.2. The Morgan fingerprint density at radius 1 is 1.31 bits per heavy atom. The molecule has 0 radical (unpaired) electrons. The van der Waals surface area contributed by atoms with Crippen LogP contribution in [0.2, 0.25) is 0 Å². The van der Waals surface area contributed by atoms with Gasteiger partial charge in [-0.25, -0.2) is 0 Å². The maximum atomic E-state index is 5.41. The van der Waals surface area contributed by atoms with Crippen LogP contribution in [-0.4, -0.2) is 50.3 Å².